The minimum atomic E-state index is -0.383. The van der Waals surface area contributed by atoms with Crippen molar-refractivity contribution in [3.8, 4) is 11.4 Å². The summed E-state index contributed by atoms with van der Waals surface area (Å²) in [5.41, 5.74) is 1.12. The molecule has 0 bridgehead atoms. The van der Waals surface area contributed by atoms with Crippen molar-refractivity contribution in [3.05, 3.63) is 97.2 Å². The molecular formula is C24H21FN4O2S. The molecule has 0 radical (unpaired) electrons. The van der Waals surface area contributed by atoms with Gasteiger partial charge in [-0.05, 0) is 36.4 Å². The summed E-state index contributed by atoms with van der Waals surface area (Å²) in [5, 5.41) is 8.89. The van der Waals surface area contributed by atoms with Crippen LogP contribution in [0.4, 0.5) is 10.1 Å². The Morgan fingerprint density at radius 3 is 2.59 bits per heavy atom. The molecule has 0 saturated heterocycles. The van der Waals surface area contributed by atoms with Crippen molar-refractivity contribution in [1.82, 2.24) is 14.8 Å². The van der Waals surface area contributed by atoms with Crippen molar-refractivity contribution in [1.29, 1.82) is 0 Å². The molecule has 2 aromatic carbocycles. The maximum absolute atomic E-state index is 14.3. The zero-order chi connectivity index (χ0) is 22.3. The average molecular weight is 449 g/mol. The van der Waals surface area contributed by atoms with Gasteiger partial charge in [-0.25, -0.2) is 4.39 Å². The maximum atomic E-state index is 14.3. The number of rotatable bonds is 9. The molecule has 0 fully saturated rings. The fourth-order valence-corrected chi connectivity index (χ4v) is 4.05. The molecular weight excluding hydrogens is 427 g/mol. The molecule has 0 N–H and O–H groups in total. The predicted molar refractivity (Wildman–Crippen MR) is 123 cm³/mol. The van der Waals surface area contributed by atoms with Crippen LogP contribution in [0.25, 0.3) is 11.4 Å². The van der Waals surface area contributed by atoms with E-state index < -0.39 is 0 Å². The Balaban J connectivity index is 1.55. The summed E-state index contributed by atoms with van der Waals surface area (Å²) in [5.74, 6) is 0.712. The lowest BCUT2D eigenvalue weighted by molar-refractivity contribution is -0.116. The Hall–Kier alpha value is -3.65. The second kappa shape index (κ2) is 10.1. The fourth-order valence-electron chi connectivity index (χ4n) is 3.22. The van der Waals surface area contributed by atoms with Crippen LogP contribution in [0, 0.1) is 5.82 Å². The lowest BCUT2D eigenvalue weighted by Gasteiger charge is -2.21. The second-order valence-corrected chi connectivity index (χ2v) is 7.81. The zero-order valence-corrected chi connectivity index (χ0v) is 18.0. The molecule has 2 aromatic heterocycles. The lowest BCUT2D eigenvalue weighted by Crippen LogP contribution is -2.31. The third kappa shape index (κ3) is 4.81. The molecule has 0 unspecified atom stereocenters. The van der Waals surface area contributed by atoms with Crippen molar-refractivity contribution in [2.45, 2.75) is 18.2 Å². The molecule has 32 heavy (non-hydrogen) atoms. The molecule has 0 aliphatic carbocycles. The van der Waals surface area contributed by atoms with Crippen LogP contribution in [0.1, 0.15) is 5.76 Å². The number of hydrogen-bond donors (Lipinski definition) is 0. The number of hydrogen-bond acceptors (Lipinski definition) is 5. The largest absolute Gasteiger partial charge is 0.467 e. The fraction of sp³-hybridized carbons (Fsp3) is 0.125. The molecule has 162 valence electrons. The van der Waals surface area contributed by atoms with Crippen LogP contribution in [0.2, 0.25) is 0 Å². The first-order valence-corrected chi connectivity index (χ1v) is 11.0. The third-order valence-corrected chi connectivity index (χ3v) is 5.68. The van der Waals surface area contributed by atoms with E-state index in [9.17, 15) is 9.18 Å². The van der Waals surface area contributed by atoms with E-state index in [0.717, 1.165) is 5.69 Å². The van der Waals surface area contributed by atoms with Crippen molar-refractivity contribution < 1.29 is 13.6 Å². The molecule has 0 saturated carbocycles. The van der Waals surface area contributed by atoms with Crippen LogP contribution < -0.4 is 4.90 Å². The molecule has 4 aromatic rings. The molecule has 4 rings (SSSR count). The summed E-state index contributed by atoms with van der Waals surface area (Å²) in [6.45, 7) is 4.48. The normalized spacial score (nSPS) is 10.8. The first-order chi connectivity index (χ1) is 15.7. The number of nitrogens with zero attached hydrogens (tertiary/aromatic N) is 4. The summed E-state index contributed by atoms with van der Waals surface area (Å²) in [6.07, 6.45) is 3.27. The van der Waals surface area contributed by atoms with Gasteiger partial charge in [0.15, 0.2) is 11.0 Å². The minimum absolute atomic E-state index is 0.113. The highest BCUT2D eigenvalue weighted by Crippen LogP contribution is 2.27. The van der Waals surface area contributed by atoms with Crippen molar-refractivity contribution in [2.75, 3.05) is 10.7 Å². The van der Waals surface area contributed by atoms with Gasteiger partial charge < -0.3 is 9.32 Å². The number of carbonyl (C=O) groups excluding carboxylic acids is 1. The van der Waals surface area contributed by atoms with Gasteiger partial charge in [0, 0.05) is 12.2 Å². The molecule has 0 aliphatic rings. The SMILES string of the molecule is C=CCn1c(SCC(=O)N(Cc2ccco2)c2ccccc2)nnc1-c1ccccc1F. The van der Waals surface area contributed by atoms with Gasteiger partial charge in [-0.3, -0.25) is 9.36 Å². The van der Waals surface area contributed by atoms with E-state index in [4.69, 9.17) is 4.42 Å². The lowest BCUT2D eigenvalue weighted by atomic mass is 10.2. The number of aromatic nitrogens is 3. The predicted octanol–water partition coefficient (Wildman–Crippen LogP) is 5.19. The summed E-state index contributed by atoms with van der Waals surface area (Å²) in [4.78, 5) is 14.8. The molecule has 8 heteroatoms. The van der Waals surface area contributed by atoms with Crippen LogP contribution in [0.5, 0.6) is 0 Å². The molecule has 2 heterocycles. The topological polar surface area (TPSA) is 64.2 Å². The first-order valence-electron chi connectivity index (χ1n) is 9.97. The van der Waals surface area contributed by atoms with E-state index in [2.05, 4.69) is 16.8 Å². The highest BCUT2D eigenvalue weighted by atomic mass is 32.2. The smallest absolute Gasteiger partial charge is 0.237 e. The van der Waals surface area contributed by atoms with Gasteiger partial charge in [0.1, 0.15) is 11.6 Å². The Kier molecular flexibility index (Phi) is 6.81. The van der Waals surface area contributed by atoms with Crippen LogP contribution in [0.15, 0.2) is 95.2 Å². The van der Waals surface area contributed by atoms with Crippen LogP contribution >= 0.6 is 11.8 Å². The van der Waals surface area contributed by atoms with Gasteiger partial charge in [-0.15, -0.1) is 16.8 Å². The van der Waals surface area contributed by atoms with Gasteiger partial charge in [-0.1, -0.05) is 48.2 Å². The van der Waals surface area contributed by atoms with E-state index >= 15 is 0 Å². The Labute approximate surface area is 189 Å². The van der Waals surface area contributed by atoms with E-state index in [1.54, 1.807) is 46.1 Å². The number of halogens is 1. The highest BCUT2D eigenvalue weighted by molar-refractivity contribution is 7.99. The molecule has 0 aliphatic heterocycles. The Morgan fingerprint density at radius 2 is 1.88 bits per heavy atom. The van der Waals surface area contributed by atoms with Gasteiger partial charge in [0.2, 0.25) is 5.91 Å². The standard InChI is InChI=1S/C24H21FN4O2S/c1-2-14-28-23(20-12-6-7-13-21(20)25)26-27-24(28)32-17-22(30)29(16-19-11-8-15-31-19)18-9-4-3-5-10-18/h2-13,15H,1,14,16-17H2. The molecule has 0 atom stereocenters. The molecule has 0 spiro atoms. The highest BCUT2D eigenvalue weighted by Gasteiger charge is 2.21. The van der Waals surface area contributed by atoms with Gasteiger partial charge >= 0.3 is 0 Å². The molecule has 6 nitrogen and oxygen atoms in total. The summed E-state index contributed by atoms with van der Waals surface area (Å²) >= 11 is 1.25. The zero-order valence-electron chi connectivity index (χ0n) is 17.2. The third-order valence-electron chi connectivity index (χ3n) is 4.73. The van der Waals surface area contributed by atoms with E-state index in [0.29, 0.717) is 35.4 Å². The van der Waals surface area contributed by atoms with Crippen LogP contribution in [0.3, 0.4) is 0 Å². The number of furan rings is 1. The first kappa shape index (κ1) is 21.6. The van der Waals surface area contributed by atoms with Crippen molar-refractivity contribution >= 4 is 23.4 Å². The Morgan fingerprint density at radius 1 is 1.09 bits per heavy atom. The van der Waals surface area contributed by atoms with E-state index in [-0.39, 0.29) is 17.5 Å². The number of amides is 1. The summed E-state index contributed by atoms with van der Waals surface area (Å²) in [6, 6.07) is 19.4. The van der Waals surface area contributed by atoms with E-state index in [1.807, 2.05) is 36.4 Å². The molecule has 1 amide bonds. The second-order valence-electron chi connectivity index (χ2n) is 6.87. The summed E-state index contributed by atoms with van der Waals surface area (Å²) < 4.78 is 21.5. The van der Waals surface area contributed by atoms with Crippen LogP contribution in [-0.4, -0.2) is 26.4 Å². The number of allylic oxidation sites excluding steroid dienone is 1. The van der Waals surface area contributed by atoms with Gasteiger partial charge in [0.05, 0.1) is 24.1 Å². The number of anilines is 1. The van der Waals surface area contributed by atoms with Gasteiger partial charge in [0.25, 0.3) is 0 Å². The van der Waals surface area contributed by atoms with Crippen molar-refractivity contribution in [2.24, 2.45) is 0 Å². The number of carbonyl (C=O) groups is 1. The number of thioether (sulfide) groups is 1. The average Bonchev–Trinajstić information content (AvgIpc) is 3.47. The van der Waals surface area contributed by atoms with Gasteiger partial charge in [-0.2, -0.15) is 0 Å². The summed E-state index contributed by atoms with van der Waals surface area (Å²) in [7, 11) is 0. The van der Waals surface area contributed by atoms with E-state index in [1.165, 1.54) is 17.8 Å². The minimum Gasteiger partial charge on any atom is -0.467 e. The quantitative estimate of drug-likeness (QED) is 0.260. The monoisotopic (exact) mass is 448 g/mol. The maximum Gasteiger partial charge on any atom is 0.237 e. The Bertz CT molecular complexity index is 1190. The van der Waals surface area contributed by atoms with Crippen LogP contribution in [-0.2, 0) is 17.9 Å². The van der Waals surface area contributed by atoms with Crippen molar-refractivity contribution in [3.63, 3.8) is 0 Å². The number of para-hydroxylation sites is 1. The number of benzene rings is 2.